The van der Waals surface area contributed by atoms with Gasteiger partial charge in [0, 0.05) is 58.7 Å². The summed E-state index contributed by atoms with van der Waals surface area (Å²) in [6, 6.07) is 11.7. The fourth-order valence-electron chi connectivity index (χ4n) is 3.97. The van der Waals surface area contributed by atoms with E-state index in [0.717, 1.165) is 46.0 Å². The first-order chi connectivity index (χ1) is 19.0. The number of halogens is 1. The Hall–Kier alpha value is -3.66. The van der Waals surface area contributed by atoms with E-state index in [0.29, 0.717) is 22.7 Å². The molecule has 5 heterocycles. The fourth-order valence-corrected chi connectivity index (χ4v) is 5.54. The van der Waals surface area contributed by atoms with Gasteiger partial charge < -0.3 is 19.5 Å². The molecule has 0 aromatic carbocycles. The molecule has 40 heavy (non-hydrogen) atoms. The Bertz CT molecular complexity index is 1590. The minimum Gasteiger partial charge on any atom is -0.489 e. The van der Waals surface area contributed by atoms with Crippen LogP contribution in [-0.2, 0) is 9.41 Å². The van der Waals surface area contributed by atoms with Gasteiger partial charge in [0.2, 0.25) is 5.88 Å². The van der Waals surface area contributed by atoms with Crippen molar-refractivity contribution in [2.45, 2.75) is 19.4 Å². The van der Waals surface area contributed by atoms with Gasteiger partial charge in [-0.2, -0.15) is 10.4 Å². The van der Waals surface area contributed by atoms with Crippen molar-refractivity contribution in [1.29, 1.82) is 10.0 Å². The molecule has 0 amide bonds. The molecular weight excluding hydrogens is 594 g/mol. The Morgan fingerprint density at radius 1 is 1.18 bits per heavy atom. The highest BCUT2D eigenvalue weighted by atomic mass is 79.9. The average Bonchev–Trinajstić information content (AvgIpc) is 3.35. The van der Waals surface area contributed by atoms with Crippen LogP contribution in [0.2, 0.25) is 0 Å². The van der Waals surface area contributed by atoms with Crippen molar-refractivity contribution >= 4 is 42.5 Å². The number of hydrogen-bond acceptors (Lipinski definition) is 9. The summed E-state index contributed by atoms with van der Waals surface area (Å²) in [6.45, 7) is 5.07. The van der Waals surface area contributed by atoms with Gasteiger partial charge >= 0.3 is 0 Å². The molecule has 1 aliphatic rings. The predicted octanol–water partition coefficient (Wildman–Crippen LogP) is 4.44. The van der Waals surface area contributed by atoms with Crippen LogP contribution in [0.5, 0.6) is 11.6 Å². The number of nitrogens with one attached hydrogen (secondary N) is 1. The molecule has 210 valence electrons. The second-order valence-corrected chi connectivity index (χ2v) is 13.8. The lowest BCUT2D eigenvalue weighted by atomic mass is 10.1. The fraction of sp³-hybridized carbons (Fsp3) is 0.321. The van der Waals surface area contributed by atoms with Crippen LogP contribution in [0.25, 0.3) is 16.6 Å². The molecule has 0 aliphatic carbocycles. The maximum absolute atomic E-state index is 9.99. The van der Waals surface area contributed by atoms with Crippen LogP contribution >= 0.6 is 15.9 Å². The Labute approximate surface area is 242 Å². The van der Waals surface area contributed by atoms with Crippen LogP contribution in [0, 0.1) is 16.1 Å². The molecule has 1 saturated heterocycles. The lowest BCUT2D eigenvalue weighted by Gasteiger charge is -2.31. The van der Waals surface area contributed by atoms with E-state index in [9.17, 15) is 10.4 Å². The van der Waals surface area contributed by atoms with E-state index < -0.39 is 15.0 Å². The van der Waals surface area contributed by atoms with Crippen LogP contribution < -0.4 is 14.4 Å². The van der Waals surface area contributed by atoms with Crippen LogP contribution in [0.3, 0.4) is 0 Å². The zero-order valence-electron chi connectivity index (χ0n) is 22.7. The topological polar surface area (TPSA) is 133 Å². The van der Waals surface area contributed by atoms with Crippen LogP contribution in [-0.4, -0.2) is 74.5 Å². The van der Waals surface area contributed by atoms with E-state index in [1.165, 1.54) is 6.20 Å². The Kier molecular flexibility index (Phi) is 8.98. The van der Waals surface area contributed by atoms with Crippen molar-refractivity contribution in [1.82, 2.24) is 19.6 Å². The lowest BCUT2D eigenvalue weighted by molar-refractivity contribution is 0.0283. The van der Waals surface area contributed by atoms with Gasteiger partial charge in [-0.1, -0.05) is 5.87 Å². The van der Waals surface area contributed by atoms with Crippen LogP contribution in [0.1, 0.15) is 19.4 Å². The summed E-state index contributed by atoms with van der Waals surface area (Å²) in [6.07, 6.45) is 6.72. The molecular formula is C28H32BrN7O3S. The number of ether oxygens (including phenoxy) is 2. The van der Waals surface area contributed by atoms with E-state index in [1.54, 1.807) is 50.1 Å². The predicted molar refractivity (Wildman–Crippen MR) is 163 cm³/mol. The third kappa shape index (κ3) is 7.50. The zero-order valence-corrected chi connectivity index (χ0v) is 25.1. The normalized spacial score (nSPS) is 14.7. The van der Waals surface area contributed by atoms with E-state index in [2.05, 4.69) is 47.8 Å². The van der Waals surface area contributed by atoms with Gasteiger partial charge in [0.05, 0.1) is 36.2 Å². The highest BCUT2D eigenvalue weighted by molar-refractivity contribution is 9.10. The van der Waals surface area contributed by atoms with Gasteiger partial charge in [-0.05, 0) is 54.0 Å². The molecule has 0 bridgehead atoms. The summed E-state index contributed by atoms with van der Waals surface area (Å²) in [7, 11) is 0.131. The van der Waals surface area contributed by atoms with Gasteiger partial charge in [-0.3, -0.25) is 4.78 Å². The Balaban J connectivity index is 0.000000350. The molecule has 12 heteroatoms. The van der Waals surface area contributed by atoms with Gasteiger partial charge in [-0.25, -0.2) is 14.5 Å². The summed E-state index contributed by atoms with van der Waals surface area (Å²) < 4.78 is 21.4. The zero-order chi connectivity index (χ0) is 28.9. The first-order valence-corrected chi connectivity index (χ1v) is 15.4. The molecule has 0 radical (unpaired) electrons. The van der Waals surface area contributed by atoms with E-state index >= 15 is 0 Å². The number of fused-ring (bicyclic) bond motifs is 1. The third-order valence-corrected chi connectivity index (χ3v) is 8.49. The molecule has 1 aliphatic heterocycles. The molecule has 0 saturated carbocycles. The van der Waals surface area contributed by atoms with Crippen molar-refractivity contribution in [2.75, 3.05) is 43.2 Å². The van der Waals surface area contributed by atoms with E-state index in [4.69, 9.17) is 14.3 Å². The summed E-state index contributed by atoms with van der Waals surface area (Å²) in [5.41, 5.74) is 1.81. The van der Waals surface area contributed by atoms with Gasteiger partial charge in [0.25, 0.3) is 0 Å². The van der Waals surface area contributed by atoms with Crippen LogP contribution in [0.15, 0.2) is 59.6 Å². The first-order valence-electron chi connectivity index (χ1n) is 12.5. The second-order valence-electron chi connectivity index (χ2n) is 10.0. The van der Waals surface area contributed by atoms with Crippen molar-refractivity contribution in [3.05, 3.63) is 65.2 Å². The minimum atomic E-state index is -1.46. The van der Waals surface area contributed by atoms with Crippen molar-refractivity contribution in [2.24, 2.45) is 0 Å². The average molecular weight is 627 g/mol. The van der Waals surface area contributed by atoms with Gasteiger partial charge in [0.15, 0.2) is 0 Å². The number of nitriles is 1. The standard InChI is InChI=1S/C22H26N6O2S.C6H6BrNO/c1-22(2,29)15-30-18-10-19(21-17(11-23)13-26-28(21)14-18)16-4-5-20(25-12-16)27-6-8-31(3,24)9-7-27;1-9-6-3-2-5(7)4-8-6/h4-5,10,12-14,24,29H,3,6-9,15H2,1-2H3;2-4H,1H3. The molecule has 4 aromatic rings. The maximum Gasteiger partial charge on any atom is 0.212 e. The molecule has 2 N–H and O–H groups in total. The number of nitrogens with zero attached hydrogens (tertiary/aromatic N) is 6. The van der Waals surface area contributed by atoms with Gasteiger partial charge in [-0.15, -0.1) is 9.41 Å². The molecule has 0 unspecified atom stereocenters. The summed E-state index contributed by atoms with van der Waals surface area (Å²) >= 11 is 3.26. The smallest absolute Gasteiger partial charge is 0.212 e. The summed E-state index contributed by atoms with van der Waals surface area (Å²) in [4.78, 5) is 10.8. The summed E-state index contributed by atoms with van der Waals surface area (Å²) in [5, 5.41) is 23.8. The molecule has 4 aromatic heterocycles. The number of pyridine rings is 3. The first kappa shape index (κ1) is 29.3. The molecule has 5 rings (SSSR count). The highest BCUT2D eigenvalue weighted by Crippen LogP contribution is 2.31. The number of anilines is 1. The molecule has 0 spiro atoms. The number of methoxy groups -OCH3 is 1. The van der Waals surface area contributed by atoms with Crippen LogP contribution in [0.4, 0.5) is 5.82 Å². The molecule has 0 atom stereocenters. The SMILES string of the molecule is C=S1(=N)CCN(c2ccc(-c3cc(OCC(C)(C)O)cn4ncc(C#N)c34)cn2)CC1.COc1ccc(Br)cn1. The van der Waals surface area contributed by atoms with Gasteiger partial charge in [0.1, 0.15) is 24.2 Å². The molecule has 1 fully saturated rings. The number of aromatic nitrogens is 4. The van der Waals surface area contributed by atoms with Crippen molar-refractivity contribution in [3.63, 3.8) is 0 Å². The molecule has 10 nitrogen and oxygen atoms in total. The minimum absolute atomic E-state index is 0.127. The van der Waals surface area contributed by atoms with Crippen molar-refractivity contribution < 1.29 is 14.6 Å². The maximum atomic E-state index is 9.99. The number of aliphatic hydroxyl groups is 1. The van der Waals surface area contributed by atoms with E-state index in [1.807, 2.05) is 24.3 Å². The monoisotopic (exact) mass is 625 g/mol. The number of hydrogen-bond donors (Lipinski definition) is 2. The second kappa shape index (κ2) is 12.2. The lowest BCUT2D eigenvalue weighted by Crippen LogP contribution is -2.40. The summed E-state index contributed by atoms with van der Waals surface area (Å²) in [5.74, 6) is 7.67. The quantitative estimate of drug-likeness (QED) is 0.301. The largest absolute Gasteiger partial charge is 0.489 e. The van der Waals surface area contributed by atoms with E-state index in [-0.39, 0.29) is 6.61 Å². The Morgan fingerprint density at radius 3 is 2.50 bits per heavy atom. The Morgan fingerprint density at radius 2 is 1.93 bits per heavy atom. The van der Waals surface area contributed by atoms with Crippen molar-refractivity contribution in [3.8, 4) is 28.8 Å². The number of rotatable bonds is 6. The third-order valence-electron chi connectivity index (χ3n) is 6.10. The highest BCUT2D eigenvalue weighted by Gasteiger charge is 2.19.